The van der Waals surface area contributed by atoms with E-state index in [1.807, 2.05) is 0 Å². The van der Waals surface area contributed by atoms with E-state index in [4.69, 9.17) is 0 Å². The normalized spacial score (nSPS) is 27.6. The molecule has 3 rings (SSSR count). The standard InChI is InChI=1S/C12H13F3N2/c13-8-3-9(14)12(10(15)4-8)17-2-1-7-5-16-6-11(7)17/h3-4,7,11,16H,1-2,5-6H2. The first-order valence-corrected chi connectivity index (χ1v) is 5.78. The zero-order valence-corrected chi connectivity index (χ0v) is 9.22. The highest BCUT2D eigenvalue weighted by Gasteiger charge is 2.39. The average molecular weight is 242 g/mol. The van der Waals surface area contributed by atoms with Gasteiger partial charge in [-0.3, -0.25) is 0 Å². The van der Waals surface area contributed by atoms with E-state index in [9.17, 15) is 13.2 Å². The van der Waals surface area contributed by atoms with Crippen LogP contribution >= 0.6 is 0 Å². The number of rotatable bonds is 1. The van der Waals surface area contributed by atoms with Crippen molar-refractivity contribution < 1.29 is 13.2 Å². The predicted molar refractivity (Wildman–Crippen MR) is 58.4 cm³/mol. The van der Waals surface area contributed by atoms with E-state index in [2.05, 4.69) is 5.32 Å². The molecule has 0 spiro atoms. The molecule has 2 saturated heterocycles. The largest absolute Gasteiger partial charge is 0.362 e. The lowest BCUT2D eigenvalue weighted by Gasteiger charge is -2.26. The molecule has 2 fully saturated rings. The van der Waals surface area contributed by atoms with E-state index in [0.29, 0.717) is 12.5 Å². The number of fused-ring (bicyclic) bond motifs is 1. The third-order valence-corrected chi connectivity index (χ3v) is 3.71. The van der Waals surface area contributed by atoms with Crippen molar-refractivity contribution in [2.24, 2.45) is 5.92 Å². The highest BCUT2D eigenvalue weighted by atomic mass is 19.1. The molecule has 1 aromatic rings. The summed E-state index contributed by atoms with van der Waals surface area (Å²) in [6.07, 6.45) is 0.925. The quantitative estimate of drug-likeness (QED) is 0.809. The topological polar surface area (TPSA) is 15.3 Å². The minimum Gasteiger partial charge on any atom is -0.362 e. The Balaban J connectivity index is 1.99. The summed E-state index contributed by atoms with van der Waals surface area (Å²) in [4.78, 5) is 1.73. The van der Waals surface area contributed by atoms with E-state index in [-0.39, 0.29) is 11.7 Å². The Kier molecular flexibility index (Phi) is 2.50. The van der Waals surface area contributed by atoms with Crippen LogP contribution in [0.1, 0.15) is 6.42 Å². The highest BCUT2D eigenvalue weighted by Crippen LogP contribution is 2.35. The molecule has 2 atom stereocenters. The molecule has 0 amide bonds. The van der Waals surface area contributed by atoms with Crippen molar-refractivity contribution in [3.8, 4) is 0 Å². The lowest BCUT2D eigenvalue weighted by atomic mass is 10.0. The van der Waals surface area contributed by atoms with Crippen molar-refractivity contribution in [1.82, 2.24) is 5.32 Å². The molecular formula is C12H13F3N2. The van der Waals surface area contributed by atoms with Crippen LogP contribution in [0.3, 0.4) is 0 Å². The highest BCUT2D eigenvalue weighted by molar-refractivity contribution is 5.52. The molecule has 0 saturated carbocycles. The Labute approximate surface area is 97.4 Å². The molecular weight excluding hydrogens is 229 g/mol. The lowest BCUT2D eigenvalue weighted by Crippen LogP contribution is -2.35. The van der Waals surface area contributed by atoms with Gasteiger partial charge in [0.1, 0.15) is 11.5 Å². The second-order valence-corrected chi connectivity index (χ2v) is 4.69. The predicted octanol–water partition coefficient (Wildman–Crippen LogP) is 1.90. The summed E-state index contributed by atoms with van der Waals surface area (Å²) in [6, 6.07) is 1.62. The number of hydrogen-bond donors (Lipinski definition) is 1. The van der Waals surface area contributed by atoms with E-state index < -0.39 is 17.5 Å². The van der Waals surface area contributed by atoms with Crippen LogP contribution < -0.4 is 10.2 Å². The molecule has 2 nitrogen and oxygen atoms in total. The van der Waals surface area contributed by atoms with Gasteiger partial charge in [0.05, 0.1) is 0 Å². The third-order valence-electron chi connectivity index (χ3n) is 3.71. The SMILES string of the molecule is Fc1cc(F)c(N2CCC3CNCC32)c(F)c1. The van der Waals surface area contributed by atoms with Crippen LogP contribution in [0.5, 0.6) is 0 Å². The minimum atomic E-state index is -0.871. The van der Waals surface area contributed by atoms with Crippen molar-refractivity contribution in [3.63, 3.8) is 0 Å². The van der Waals surface area contributed by atoms with E-state index >= 15 is 0 Å². The van der Waals surface area contributed by atoms with Gasteiger partial charge in [-0.25, -0.2) is 13.2 Å². The fourth-order valence-corrected chi connectivity index (χ4v) is 2.94. The van der Waals surface area contributed by atoms with E-state index in [1.54, 1.807) is 4.90 Å². The first-order valence-electron chi connectivity index (χ1n) is 5.78. The van der Waals surface area contributed by atoms with Crippen molar-refractivity contribution >= 4 is 5.69 Å². The van der Waals surface area contributed by atoms with Gasteiger partial charge in [0.2, 0.25) is 0 Å². The molecule has 2 unspecified atom stereocenters. The molecule has 2 heterocycles. The maximum Gasteiger partial charge on any atom is 0.152 e. The number of halogens is 3. The number of nitrogens with zero attached hydrogens (tertiary/aromatic N) is 1. The summed E-state index contributed by atoms with van der Waals surface area (Å²) >= 11 is 0. The minimum absolute atomic E-state index is 0.0809. The van der Waals surface area contributed by atoms with E-state index in [1.165, 1.54) is 0 Å². The Morgan fingerprint density at radius 2 is 1.82 bits per heavy atom. The van der Waals surface area contributed by atoms with Crippen LogP contribution in [0.15, 0.2) is 12.1 Å². The van der Waals surface area contributed by atoms with Crippen molar-refractivity contribution in [2.45, 2.75) is 12.5 Å². The molecule has 5 heteroatoms. The monoisotopic (exact) mass is 242 g/mol. The number of hydrogen-bond acceptors (Lipinski definition) is 2. The summed E-state index contributed by atoms with van der Waals surface area (Å²) in [7, 11) is 0. The summed E-state index contributed by atoms with van der Waals surface area (Å²) in [5, 5.41) is 3.21. The van der Waals surface area contributed by atoms with Gasteiger partial charge in [-0.2, -0.15) is 0 Å². The van der Waals surface area contributed by atoms with Crippen LogP contribution in [0, 0.1) is 23.4 Å². The Morgan fingerprint density at radius 1 is 1.12 bits per heavy atom. The van der Waals surface area contributed by atoms with Crippen LogP contribution in [0.2, 0.25) is 0 Å². The van der Waals surface area contributed by atoms with Gasteiger partial charge in [0.25, 0.3) is 0 Å². The van der Waals surface area contributed by atoms with Gasteiger partial charge in [-0.05, 0) is 12.3 Å². The Bertz CT molecular complexity index is 426. The third kappa shape index (κ3) is 1.69. The average Bonchev–Trinajstić information content (AvgIpc) is 2.80. The molecule has 2 aliphatic heterocycles. The molecule has 0 aromatic heterocycles. The molecule has 0 radical (unpaired) electrons. The second kappa shape index (κ2) is 3.91. The molecule has 92 valence electrons. The second-order valence-electron chi connectivity index (χ2n) is 4.69. The zero-order chi connectivity index (χ0) is 12.0. The van der Waals surface area contributed by atoms with Crippen LogP contribution in [-0.4, -0.2) is 25.7 Å². The summed E-state index contributed by atoms with van der Waals surface area (Å²) in [5.74, 6) is -2.05. The maximum absolute atomic E-state index is 13.7. The molecule has 0 aliphatic carbocycles. The first kappa shape index (κ1) is 10.9. The fourth-order valence-electron chi connectivity index (χ4n) is 2.94. The molecule has 17 heavy (non-hydrogen) atoms. The van der Waals surface area contributed by atoms with Crippen molar-refractivity contribution in [1.29, 1.82) is 0 Å². The number of anilines is 1. The summed E-state index contributed by atoms with van der Waals surface area (Å²) in [6.45, 7) is 2.27. The molecule has 2 aliphatic rings. The Hall–Kier alpha value is -1.23. The molecule has 1 N–H and O–H groups in total. The smallest absolute Gasteiger partial charge is 0.152 e. The lowest BCUT2D eigenvalue weighted by molar-refractivity contribution is 0.527. The van der Waals surface area contributed by atoms with Gasteiger partial charge < -0.3 is 10.2 Å². The van der Waals surface area contributed by atoms with Gasteiger partial charge in [-0.15, -0.1) is 0 Å². The fraction of sp³-hybridized carbons (Fsp3) is 0.500. The molecule has 1 aromatic carbocycles. The molecule has 0 bridgehead atoms. The van der Waals surface area contributed by atoms with Crippen LogP contribution in [0.4, 0.5) is 18.9 Å². The maximum atomic E-state index is 13.7. The van der Waals surface area contributed by atoms with Gasteiger partial charge >= 0.3 is 0 Å². The van der Waals surface area contributed by atoms with Gasteiger partial charge in [0.15, 0.2) is 11.6 Å². The summed E-state index contributed by atoms with van der Waals surface area (Å²) in [5.41, 5.74) is -0.0809. The van der Waals surface area contributed by atoms with Crippen LogP contribution in [-0.2, 0) is 0 Å². The van der Waals surface area contributed by atoms with E-state index in [0.717, 1.165) is 31.6 Å². The Morgan fingerprint density at radius 3 is 2.53 bits per heavy atom. The zero-order valence-electron chi connectivity index (χ0n) is 9.22. The van der Waals surface area contributed by atoms with Crippen molar-refractivity contribution in [3.05, 3.63) is 29.6 Å². The number of nitrogens with one attached hydrogen (secondary N) is 1. The van der Waals surface area contributed by atoms with Gasteiger partial charge in [-0.1, -0.05) is 0 Å². The first-order chi connectivity index (χ1) is 8.16. The van der Waals surface area contributed by atoms with Crippen LogP contribution in [0.25, 0.3) is 0 Å². The number of benzene rings is 1. The summed E-state index contributed by atoms with van der Waals surface area (Å²) < 4.78 is 40.2. The van der Waals surface area contributed by atoms with Gasteiger partial charge in [0, 0.05) is 37.8 Å². The van der Waals surface area contributed by atoms with Crippen molar-refractivity contribution in [2.75, 3.05) is 24.5 Å².